The van der Waals surface area contributed by atoms with E-state index in [1.54, 1.807) is 0 Å². The molecule has 2 aromatic rings. The summed E-state index contributed by atoms with van der Waals surface area (Å²) < 4.78 is 51.9. The fraction of sp³-hybridized carbons (Fsp3) is 0.364. The zero-order valence-corrected chi connectivity index (χ0v) is 18.5. The molecule has 3 heterocycles. The van der Waals surface area contributed by atoms with E-state index in [-0.39, 0.29) is 17.1 Å². The van der Waals surface area contributed by atoms with Crippen molar-refractivity contribution in [3.8, 4) is 0 Å². The van der Waals surface area contributed by atoms with E-state index in [4.69, 9.17) is 20.3 Å². The molecule has 1 fully saturated rings. The highest BCUT2D eigenvalue weighted by Crippen LogP contribution is 2.67. The van der Waals surface area contributed by atoms with E-state index in [2.05, 4.69) is 34.7 Å². The molecule has 1 aliphatic rings. The highest BCUT2D eigenvalue weighted by molar-refractivity contribution is 7.66. The second kappa shape index (κ2) is 8.66. The lowest BCUT2D eigenvalue weighted by molar-refractivity contribution is -0.0336. The maximum atomic E-state index is 11.9. The van der Waals surface area contributed by atoms with Crippen molar-refractivity contribution >= 4 is 40.6 Å². The van der Waals surface area contributed by atoms with Gasteiger partial charge in [-0.1, -0.05) is 6.58 Å². The minimum Gasteiger partial charge on any atom is -0.406 e. The maximum Gasteiger partial charge on any atom is 0.536 e. The van der Waals surface area contributed by atoms with Gasteiger partial charge in [0.1, 0.15) is 24.1 Å². The quantitative estimate of drug-likeness (QED) is 0.136. The van der Waals surface area contributed by atoms with Crippen molar-refractivity contribution in [3.05, 3.63) is 29.0 Å². The molecule has 184 valence electrons. The van der Waals surface area contributed by atoms with Crippen molar-refractivity contribution in [1.82, 2.24) is 19.5 Å². The van der Waals surface area contributed by atoms with Gasteiger partial charge < -0.3 is 39.9 Å². The summed E-state index contributed by atoms with van der Waals surface area (Å²) in [6.07, 6.45) is -5.86. The molecule has 0 saturated carbocycles. The van der Waals surface area contributed by atoms with Gasteiger partial charge in [0.05, 0.1) is 6.33 Å². The van der Waals surface area contributed by atoms with Gasteiger partial charge in [-0.3, -0.25) is 19.2 Å². The van der Waals surface area contributed by atoms with Crippen molar-refractivity contribution in [3.63, 3.8) is 0 Å². The number of nitrogens with zero attached hydrogens (tertiary/aromatic N) is 3. The molecule has 2 unspecified atom stereocenters. The lowest BCUT2D eigenvalue weighted by Gasteiger charge is -2.21. The first-order valence-corrected chi connectivity index (χ1v) is 12.8. The number of aromatic amines is 1. The lowest BCUT2D eigenvalue weighted by Crippen LogP contribution is -2.32. The molecule has 33 heavy (non-hydrogen) atoms. The third-order valence-corrected chi connectivity index (χ3v) is 7.72. The largest absolute Gasteiger partial charge is 0.536 e. The number of aliphatic hydroxyl groups is 2. The van der Waals surface area contributed by atoms with E-state index in [9.17, 15) is 38.5 Å². The fourth-order valence-corrected chi connectivity index (χ4v) is 5.82. The summed E-state index contributed by atoms with van der Waals surface area (Å²) in [6, 6.07) is 0. The first-order valence-electron chi connectivity index (χ1n) is 8.26. The standard InChI is InChI=1S/C11H16N5O14P3/c1-3(28-32(23,24)30-33(25,26)29-31(20,21)22)7-5(17)6(18)10(27-7)16-2-13-4-8(16)14-11(12)15-9(4)19/h2,5-7,10,17-18H,1H2,(H,23,24)(H,25,26)(H2,20,21,22)(H3,12,14,15,19)/t5-,6+,7+,10+/m0/s1. The summed E-state index contributed by atoms with van der Waals surface area (Å²) in [4.78, 5) is 57.5. The first-order chi connectivity index (χ1) is 15.0. The molecule has 1 saturated heterocycles. The summed E-state index contributed by atoms with van der Waals surface area (Å²) >= 11 is 0. The Hall–Kier alpha value is -1.98. The normalized spacial score (nSPS) is 27.2. The highest BCUT2D eigenvalue weighted by Gasteiger charge is 2.49. The SMILES string of the molecule is C=C(OP(=O)(O)OP(=O)(O)OP(=O)(O)O)[C@H]1O[C@@H](n2cnc3c(=O)[nH]c(N)nc32)[C@H](O)[C@@H]1O. The van der Waals surface area contributed by atoms with Crippen LogP contribution in [0, 0.1) is 0 Å². The number of phosphoric ester groups is 1. The summed E-state index contributed by atoms with van der Waals surface area (Å²) in [5.41, 5.74) is 4.43. The van der Waals surface area contributed by atoms with Crippen LogP contribution >= 0.6 is 23.5 Å². The highest BCUT2D eigenvalue weighted by atomic mass is 31.3. The van der Waals surface area contributed by atoms with Crippen LogP contribution in [0.15, 0.2) is 23.5 Å². The number of hydrogen-bond acceptors (Lipinski definition) is 13. The Kier molecular flexibility index (Phi) is 6.73. The number of fused-ring (bicyclic) bond motifs is 1. The first kappa shape index (κ1) is 25.6. The Labute approximate surface area is 181 Å². The van der Waals surface area contributed by atoms with Crippen LogP contribution in [0.3, 0.4) is 0 Å². The molecule has 22 heteroatoms. The van der Waals surface area contributed by atoms with Gasteiger partial charge in [-0.25, -0.2) is 18.7 Å². The predicted octanol–water partition coefficient (Wildman–Crippen LogP) is -1.82. The van der Waals surface area contributed by atoms with Crippen molar-refractivity contribution in [2.24, 2.45) is 0 Å². The van der Waals surface area contributed by atoms with E-state index < -0.39 is 59.3 Å². The Morgan fingerprint density at radius 1 is 1.15 bits per heavy atom. The molecule has 0 aromatic carbocycles. The molecule has 2 aromatic heterocycles. The van der Waals surface area contributed by atoms with Crippen LogP contribution in [0.4, 0.5) is 5.95 Å². The zero-order chi connectivity index (χ0) is 24.9. The topological polar surface area (TPSA) is 299 Å². The number of nitrogen functional groups attached to an aromatic ring is 1. The van der Waals surface area contributed by atoms with E-state index in [0.717, 1.165) is 10.9 Å². The van der Waals surface area contributed by atoms with Gasteiger partial charge in [0.2, 0.25) is 5.95 Å². The Balaban J connectivity index is 1.79. The van der Waals surface area contributed by atoms with Crippen LogP contribution in [0.25, 0.3) is 11.2 Å². The van der Waals surface area contributed by atoms with Crippen LogP contribution in [0.2, 0.25) is 0 Å². The molecule has 3 rings (SSSR count). The molecule has 0 spiro atoms. The number of aliphatic hydroxyl groups excluding tert-OH is 2. The van der Waals surface area contributed by atoms with Crippen LogP contribution < -0.4 is 11.3 Å². The summed E-state index contributed by atoms with van der Waals surface area (Å²) in [5, 5.41) is 20.6. The van der Waals surface area contributed by atoms with Gasteiger partial charge in [-0.05, 0) is 0 Å². The van der Waals surface area contributed by atoms with Crippen molar-refractivity contribution in [2.75, 3.05) is 5.73 Å². The van der Waals surface area contributed by atoms with Crippen LogP contribution in [-0.2, 0) is 31.6 Å². The number of rotatable bonds is 8. The number of imidazole rings is 1. The van der Waals surface area contributed by atoms with Crippen LogP contribution in [0.5, 0.6) is 0 Å². The zero-order valence-electron chi connectivity index (χ0n) is 15.8. The van der Waals surface area contributed by atoms with Gasteiger partial charge in [0, 0.05) is 0 Å². The van der Waals surface area contributed by atoms with Crippen molar-refractivity contribution in [1.29, 1.82) is 0 Å². The molecule has 1 aliphatic heterocycles. The number of hydrogen-bond donors (Lipinski definition) is 8. The van der Waals surface area contributed by atoms with E-state index in [1.165, 1.54) is 0 Å². The summed E-state index contributed by atoms with van der Waals surface area (Å²) in [7, 11) is -17.0. The minimum absolute atomic E-state index is 0.147. The summed E-state index contributed by atoms with van der Waals surface area (Å²) in [6.45, 7) is 3.21. The monoisotopic (exact) mass is 535 g/mol. The van der Waals surface area contributed by atoms with Gasteiger partial charge in [0.15, 0.2) is 17.4 Å². The molecule has 19 nitrogen and oxygen atoms in total. The van der Waals surface area contributed by atoms with E-state index >= 15 is 0 Å². The van der Waals surface area contributed by atoms with Crippen LogP contribution in [0.1, 0.15) is 6.23 Å². The molecule has 0 bridgehead atoms. The lowest BCUT2D eigenvalue weighted by atomic mass is 10.1. The number of ether oxygens (including phenoxy) is 1. The Bertz CT molecular complexity index is 1290. The average Bonchev–Trinajstić information content (AvgIpc) is 3.13. The number of phosphoric acid groups is 3. The van der Waals surface area contributed by atoms with Gasteiger partial charge in [-0.2, -0.15) is 13.6 Å². The average molecular weight is 535 g/mol. The minimum atomic E-state index is -5.80. The number of nitrogens with one attached hydrogen (secondary N) is 1. The summed E-state index contributed by atoms with van der Waals surface area (Å²) in [5.74, 6) is -1.20. The molecule has 0 aliphatic carbocycles. The van der Waals surface area contributed by atoms with E-state index in [1.807, 2.05) is 0 Å². The second-order valence-corrected chi connectivity index (χ2v) is 10.7. The number of nitrogens with two attached hydrogens (primary N) is 1. The fourth-order valence-electron chi connectivity index (χ4n) is 2.78. The molecule has 0 radical (unpaired) electrons. The molecule has 6 atom stereocenters. The number of H-pyrrole nitrogens is 1. The Morgan fingerprint density at radius 2 is 1.79 bits per heavy atom. The second-order valence-electron chi connectivity index (χ2n) is 6.35. The van der Waals surface area contributed by atoms with E-state index in [0.29, 0.717) is 0 Å². The van der Waals surface area contributed by atoms with Crippen molar-refractivity contribution in [2.45, 2.75) is 24.5 Å². The predicted molar refractivity (Wildman–Crippen MR) is 103 cm³/mol. The molecule has 0 amide bonds. The smallest absolute Gasteiger partial charge is 0.406 e. The van der Waals surface area contributed by atoms with Gasteiger partial charge >= 0.3 is 23.5 Å². The third-order valence-electron chi connectivity index (χ3n) is 3.93. The third kappa shape index (κ3) is 5.75. The van der Waals surface area contributed by atoms with Crippen molar-refractivity contribution < 1.29 is 61.4 Å². The Morgan fingerprint density at radius 3 is 2.39 bits per heavy atom. The number of aromatic nitrogens is 4. The van der Waals surface area contributed by atoms with Gasteiger partial charge in [-0.15, -0.1) is 0 Å². The maximum absolute atomic E-state index is 11.9. The number of anilines is 1. The van der Waals surface area contributed by atoms with Gasteiger partial charge in [0.25, 0.3) is 5.56 Å². The molecular weight excluding hydrogens is 519 g/mol. The molecule has 9 N–H and O–H groups in total. The van der Waals surface area contributed by atoms with Crippen LogP contribution in [-0.4, -0.2) is 67.6 Å². The molecular formula is C11H16N5O14P3.